The van der Waals surface area contributed by atoms with Gasteiger partial charge < -0.3 is 10.2 Å². The third kappa shape index (κ3) is 3.40. The van der Waals surface area contributed by atoms with Crippen LogP contribution in [0.5, 0.6) is 0 Å². The smallest absolute Gasteiger partial charge is 0.264 e. The van der Waals surface area contributed by atoms with Crippen molar-refractivity contribution in [2.75, 3.05) is 24.4 Å². The van der Waals surface area contributed by atoms with Gasteiger partial charge in [0.15, 0.2) is 0 Å². The molecule has 4 rings (SSSR count). The molecule has 2 aromatic carbocycles. The van der Waals surface area contributed by atoms with Crippen LogP contribution in [0.3, 0.4) is 0 Å². The lowest BCUT2D eigenvalue weighted by molar-refractivity contribution is 0.0680. The first-order chi connectivity index (χ1) is 13.5. The fourth-order valence-electron chi connectivity index (χ4n) is 4.17. The summed E-state index contributed by atoms with van der Waals surface area (Å²) >= 11 is 0. The number of fused-ring (bicyclic) bond motifs is 2. The minimum absolute atomic E-state index is 0.00318. The number of nitrogens with one attached hydrogen (secondary N) is 1. The Morgan fingerprint density at radius 1 is 1.00 bits per heavy atom. The zero-order valence-corrected chi connectivity index (χ0v) is 16.7. The number of amides is 1. The molecule has 2 atom stereocenters. The maximum atomic E-state index is 13.1. The minimum atomic E-state index is -3.68. The molecular weight excluding hydrogens is 374 g/mol. The van der Waals surface area contributed by atoms with Crippen LogP contribution in [0.15, 0.2) is 59.5 Å². The summed E-state index contributed by atoms with van der Waals surface area (Å²) in [4.78, 5) is 15.2. The highest BCUT2D eigenvalue weighted by Gasteiger charge is 2.38. The minimum Gasteiger partial charge on any atom is -0.331 e. The van der Waals surface area contributed by atoms with Gasteiger partial charge in [0.25, 0.3) is 15.9 Å². The van der Waals surface area contributed by atoms with Gasteiger partial charge in [0.1, 0.15) is 0 Å². The molecule has 148 valence electrons. The van der Waals surface area contributed by atoms with Crippen molar-refractivity contribution < 1.29 is 13.2 Å². The van der Waals surface area contributed by atoms with Crippen molar-refractivity contribution in [1.82, 2.24) is 10.2 Å². The molecule has 0 aromatic heterocycles. The van der Waals surface area contributed by atoms with Crippen molar-refractivity contribution in [2.24, 2.45) is 0 Å². The van der Waals surface area contributed by atoms with Gasteiger partial charge in [0.05, 0.1) is 10.6 Å². The van der Waals surface area contributed by atoms with Gasteiger partial charge in [-0.2, -0.15) is 0 Å². The lowest BCUT2D eigenvalue weighted by Crippen LogP contribution is -2.42. The number of sulfonamides is 1. The molecular formula is C21H25N3O3S. The van der Waals surface area contributed by atoms with Crippen LogP contribution in [0.1, 0.15) is 29.6 Å². The van der Waals surface area contributed by atoms with Gasteiger partial charge >= 0.3 is 0 Å². The van der Waals surface area contributed by atoms with Gasteiger partial charge in [0, 0.05) is 31.2 Å². The van der Waals surface area contributed by atoms with E-state index in [1.54, 1.807) is 36.4 Å². The molecule has 2 heterocycles. The summed E-state index contributed by atoms with van der Waals surface area (Å²) < 4.78 is 27.0. The summed E-state index contributed by atoms with van der Waals surface area (Å²) in [6, 6.07) is 15.8. The summed E-state index contributed by atoms with van der Waals surface area (Å²) in [6.07, 6.45) is 3.04. The Morgan fingerprint density at radius 3 is 2.39 bits per heavy atom. The van der Waals surface area contributed by atoms with Crippen molar-refractivity contribution in [3.8, 4) is 0 Å². The van der Waals surface area contributed by atoms with Crippen LogP contribution in [0, 0.1) is 0 Å². The summed E-state index contributed by atoms with van der Waals surface area (Å²) in [5, 5.41) is 3.39. The first-order valence-corrected chi connectivity index (χ1v) is 11.1. The average molecular weight is 400 g/mol. The molecule has 0 aliphatic carbocycles. The zero-order chi connectivity index (χ0) is 19.7. The molecule has 2 aromatic rings. The van der Waals surface area contributed by atoms with Gasteiger partial charge in [-0.3, -0.25) is 9.10 Å². The maximum Gasteiger partial charge on any atom is 0.264 e. The molecule has 1 N–H and O–H groups in total. The van der Waals surface area contributed by atoms with Gasteiger partial charge in [-0.15, -0.1) is 0 Å². The lowest BCUT2D eigenvalue weighted by atomic mass is 10.1. The quantitative estimate of drug-likeness (QED) is 0.858. The molecule has 2 aliphatic rings. The first kappa shape index (κ1) is 19.0. The van der Waals surface area contributed by atoms with E-state index in [4.69, 9.17) is 0 Å². The number of carbonyl (C=O) groups is 1. The van der Waals surface area contributed by atoms with Crippen LogP contribution in [0.4, 0.5) is 5.69 Å². The standard InChI is InChI=1S/C21H25N3O3S/c1-23(17-5-3-2-4-6-17)28(26,27)20-11-7-16(8-12-20)21(25)24-18-9-10-19(24)15-22-14-13-18/h2-8,11-12,18-19,22H,9-10,13-15H2,1H3. The number of para-hydroxylation sites is 1. The van der Waals surface area contributed by atoms with Crippen LogP contribution in [0.2, 0.25) is 0 Å². The second kappa shape index (κ2) is 7.56. The predicted octanol–water partition coefficient (Wildman–Crippen LogP) is 2.48. The third-order valence-electron chi connectivity index (χ3n) is 5.77. The average Bonchev–Trinajstić information content (AvgIpc) is 3.00. The van der Waals surface area contributed by atoms with E-state index in [-0.39, 0.29) is 22.9 Å². The van der Waals surface area contributed by atoms with E-state index >= 15 is 0 Å². The second-order valence-electron chi connectivity index (χ2n) is 7.42. The fraction of sp³-hybridized carbons (Fsp3) is 0.381. The molecule has 2 bridgehead atoms. The van der Waals surface area contributed by atoms with Gasteiger partial charge in [-0.1, -0.05) is 18.2 Å². The highest BCUT2D eigenvalue weighted by molar-refractivity contribution is 7.92. The molecule has 2 unspecified atom stereocenters. The Bertz CT molecular complexity index is 931. The van der Waals surface area contributed by atoms with E-state index < -0.39 is 10.0 Å². The fourth-order valence-corrected chi connectivity index (χ4v) is 5.36. The van der Waals surface area contributed by atoms with E-state index in [9.17, 15) is 13.2 Å². The van der Waals surface area contributed by atoms with Crippen LogP contribution < -0.4 is 9.62 Å². The molecule has 0 spiro atoms. The van der Waals surface area contributed by atoms with E-state index in [2.05, 4.69) is 5.32 Å². The SMILES string of the molecule is CN(c1ccccc1)S(=O)(=O)c1ccc(C(=O)N2C3CCNCC2CC3)cc1. The summed E-state index contributed by atoms with van der Waals surface area (Å²) in [7, 11) is -2.14. The number of hydrogen-bond donors (Lipinski definition) is 1. The summed E-state index contributed by atoms with van der Waals surface area (Å²) in [6.45, 7) is 1.77. The van der Waals surface area contributed by atoms with E-state index in [0.717, 1.165) is 32.4 Å². The number of rotatable bonds is 4. The van der Waals surface area contributed by atoms with Crippen molar-refractivity contribution in [3.05, 3.63) is 60.2 Å². The van der Waals surface area contributed by atoms with E-state index in [1.165, 1.54) is 23.5 Å². The maximum absolute atomic E-state index is 13.1. The van der Waals surface area contributed by atoms with Crippen LogP contribution >= 0.6 is 0 Å². The number of anilines is 1. The number of benzene rings is 2. The van der Waals surface area contributed by atoms with E-state index in [0.29, 0.717) is 11.3 Å². The molecule has 1 amide bonds. The Labute approximate surface area is 166 Å². The first-order valence-electron chi connectivity index (χ1n) is 9.66. The monoisotopic (exact) mass is 399 g/mol. The molecule has 7 heteroatoms. The van der Waals surface area contributed by atoms with Crippen LogP contribution in [-0.4, -0.2) is 51.4 Å². The van der Waals surface area contributed by atoms with Crippen molar-refractivity contribution >= 4 is 21.6 Å². The molecule has 28 heavy (non-hydrogen) atoms. The van der Waals surface area contributed by atoms with Gasteiger partial charge in [0.2, 0.25) is 0 Å². The summed E-state index contributed by atoms with van der Waals surface area (Å²) in [5.74, 6) is -0.00318. The third-order valence-corrected chi connectivity index (χ3v) is 7.57. The normalized spacial score (nSPS) is 22.0. The lowest BCUT2D eigenvalue weighted by Gasteiger charge is -2.28. The zero-order valence-electron chi connectivity index (χ0n) is 15.9. The largest absolute Gasteiger partial charge is 0.331 e. The molecule has 2 aliphatic heterocycles. The molecule has 0 saturated carbocycles. The highest BCUT2D eigenvalue weighted by atomic mass is 32.2. The number of nitrogens with zero attached hydrogens (tertiary/aromatic N) is 2. The number of carbonyl (C=O) groups excluding carboxylic acids is 1. The van der Waals surface area contributed by atoms with Gasteiger partial charge in [-0.05, 0) is 62.2 Å². The number of hydrogen-bond acceptors (Lipinski definition) is 4. The van der Waals surface area contributed by atoms with Crippen LogP contribution in [-0.2, 0) is 10.0 Å². The Kier molecular flexibility index (Phi) is 5.12. The van der Waals surface area contributed by atoms with Crippen molar-refractivity contribution in [2.45, 2.75) is 36.2 Å². The molecule has 2 fully saturated rings. The topological polar surface area (TPSA) is 69.7 Å². The molecule has 2 saturated heterocycles. The van der Waals surface area contributed by atoms with Crippen molar-refractivity contribution in [3.63, 3.8) is 0 Å². The van der Waals surface area contributed by atoms with Crippen molar-refractivity contribution in [1.29, 1.82) is 0 Å². The molecule has 0 radical (unpaired) electrons. The molecule has 6 nitrogen and oxygen atoms in total. The Balaban J connectivity index is 1.56. The Hall–Kier alpha value is -2.38. The summed E-state index contributed by atoms with van der Waals surface area (Å²) in [5.41, 5.74) is 1.14. The predicted molar refractivity (Wildman–Crippen MR) is 109 cm³/mol. The van der Waals surface area contributed by atoms with Crippen LogP contribution in [0.25, 0.3) is 0 Å². The second-order valence-corrected chi connectivity index (χ2v) is 9.39. The Morgan fingerprint density at radius 2 is 1.68 bits per heavy atom. The highest BCUT2D eigenvalue weighted by Crippen LogP contribution is 2.30. The van der Waals surface area contributed by atoms with Gasteiger partial charge in [-0.25, -0.2) is 8.42 Å². The van der Waals surface area contributed by atoms with E-state index in [1.807, 2.05) is 11.0 Å².